The van der Waals surface area contributed by atoms with E-state index in [0.717, 1.165) is 16.7 Å². The molecule has 0 unspecified atom stereocenters. The second-order valence-electron chi connectivity index (χ2n) is 4.20. The molecular weight excluding hydrogens is 224 g/mol. The van der Waals surface area contributed by atoms with Crippen LogP contribution in [0.25, 0.3) is 11.6 Å². The van der Waals surface area contributed by atoms with Crippen LogP contribution in [0.1, 0.15) is 16.7 Å². The van der Waals surface area contributed by atoms with E-state index < -0.39 is 0 Å². The normalized spacial score (nSPS) is 16.2. The van der Waals surface area contributed by atoms with E-state index in [9.17, 15) is 4.79 Å². The highest BCUT2D eigenvalue weighted by Gasteiger charge is 2.22. The molecule has 0 spiro atoms. The van der Waals surface area contributed by atoms with Crippen LogP contribution in [0, 0.1) is 0 Å². The van der Waals surface area contributed by atoms with Crippen molar-refractivity contribution in [3.05, 3.63) is 71.3 Å². The van der Waals surface area contributed by atoms with Gasteiger partial charge in [0.2, 0.25) is 0 Å². The van der Waals surface area contributed by atoms with Gasteiger partial charge in [0.1, 0.15) is 6.61 Å². The molecule has 2 heteroatoms. The van der Waals surface area contributed by atoms with Gasteiger partial charge in [-0.3, -0.25) is 0 Å². The Labute approximate surface area is 106 Å². The maximum atomic E-state index is 11.9. The van der Waals surface area contributed by atoms with Crippen molar-refractivity contribution in [2.24, 2.45) is 0 Å². The monoisotopic (exact) mass is 236 g/mol. The zero-order valence-electron chi connectivity index (χ0n) is 9.80. The molecule has 0 amide bonds. The van der Waals surface area contributed by atoms with Gasteiger partial charge in [0, 0.05) is 0 Å². The molecule has 2 nitrogen and oxygen atoms in total. The summed E-state index contributed by atoms with van der Waals surface area (Å²) in [6, 6.07) is 17.6. The lowest BCUT2D eigenvalue weighted by Gasteiger charge is -2.18. The molecule has 2 aromatic carbocycles. The van der Waals surface area contributed by atoms with Crippen LogP contribution in [0.3, 0.4) is 0 Å². The van der Waals surface area contributed by atoms with E-state index in [1.165, 1.54) is 0 Å². The summed E-state index contributed by atoms with van der Waals surface area (Å²) in [4.78, 5) is 11.9. The molecule has 88 valence electrons. The van der Waals surface area contributed by atoms with Crippen molar-refractivity contribution >= 4 is 17.6 Å². The summed E-state index contributed by atoms with van der Waals surface area (Å²) in [7, 11) is 0. The molecule has 0 fully saturated rings. The molecule has 0 bridgehead atoms. The Kier molecular flexibility index (Phi) is 2.69. The Morgan fingerprint density at radius 2 is 1.67 bits per heavy atom. The SMILES string of the molecule is O=C1OCc2ccccc2C1=Cc1ccccc1. The topological polar surface area (TPSA) is 26.3 Å². The van der Waals surface area contributed by atoms with Crippen LogP contribution in [0.15, 0.2) is 54.6 Å². The minimum absolute atomic E-state index is 0.252. The quantitative estimate of drug-likeness (QED) is 0.561. The average Bonchev–Trinajstić information content (AvgIpc) is 2.43. The highest BCUT2D eigenvalue weighted by atomic mass is 16.5. The molecule has 0 aromatic heterocycles. The fourth-order valence-electron chi connectivity index (χ4n) is 2.09. The number of fused-ring (bicyclic) bond motifs is 1. The zero-order valence-corrected chi connectivity index (χ0v) is 9.80. The molecule has 0 saturated carbocycles. The molecule has 0 aliphatic carbocycles. The largest absolute Gasteiger partial charge is 0.457 e. The van der Waals surface area contributed by atoms with Gasteiger partial charge in [-0.15, -0.1) is 0 Å². The van der Waals surface area contributed by atoms with Gasteiger partial charge < -0.3 is 4.74 Å². The maximum Gasteiger partial charge on any atom is 0.339 e. The third-order valence-electron chi connectivity index (χ3n) is 3.00. The van der Waals surface area contributed by atoms with Gasteiger partial charge in [-0.1, -0.05) is 54.6 Å². The van der Waals surface area contributed by atoms with E-state index in [1.54, 1.807) is 0 Å². The number of carbonyl (C=O) groups is 1. The molecule has 0 saturated heterocycles. The first-order chi connectivity index (χ1) is 8.84. The smallest absolute Gasteiger partial charge is 0.339 e. The fourth-order valence-corrected chi connectivity index (χ4v) is 2.09. The average molecular weight is 236 g/mol. The van der Waals surface area contributed by atoms with Crippen LogP contribution in [0.2, 0.25) is 0 Å². The zero-order chi connectivity index (χ0) is 12.4. The molecule has 18 heavy (non-hydrogen) atoms. The van der Waals surface area contributed by atoms with Crippen molar-refractivity contribution in [3.63, 3.8) is 0 Å². The van der Waals surface area contributed by atoms with Gasteiger partial charge in [-0.05, 0) is 22.8 Å². The predicted octanol–water partition coefficient (Wildman–Crippen LogP) is 3.28. The highest BCUT2D eigenvalue weighted by molar-refractivity contribution is 6.22. The molecule has 1 heterocycles. The highest BCUT2D eigenvalue weighted by Crippen LogP contribution is 2.28. The lowest BCUT2D eigenvalue weighted by Crippen LogP contribution is -2.15. The first-order valence-corrected chi connectivity index (χ1v) is 5.87. The predicted molar refractivity (Wildman–Crippen MR) is 70.6 cm³/mol. The Morgan fingerprint density at radius 3 is 2.50 bits per heavy atom. The Hall–Kier alpha value is -2.35. The number of hydrogen-bond acceptors (Lipinski definition) is 2. The Balaban J connectivity index is 2.11. The van der Waals surface area contributed by atoms with Gasteiger partial charge in [-0.25, -0.2) is 4.79 Å². The second kappa shape index (κ2) is 4.49. The molecular formula is C16H12O2. The van der Waals surface area contributed by atoms with Gasteiger partial charge in [0.15, 0.2) is 0 Å². The minimum atomic E-state index is -0.252. The van der Waals surface area contributed by atoms with Crippen molar-refractivity contribution in [3.8, 4) is 0 Å². The summed E-state index contributed by atoms with van der Waals surface area (Å²) in [5.74, 6) is -0.252. The lowest BCUT2D eigenvalue weighted by molar-refractivity contribution is -0.138. The van der Waals surface area contributed by atoms with Crippen LogP contribution in [-0.4, -0.2) is 5.97 Å². The number of benzene rings is 2. The van der Waals surface area contributed by atoms with E-state index in [0.29, 0.717) is 12.2 Å². The Morgan fingerprint density at radius 1 is 0.944 bits per heavy atom. The van der Waals surface area contributed by atoms with Crippen molar-refractivity contribution in [1.29, 1.82) is 0 Å². The molecule has 3 rings (SSSR count). The van der Waals surface area contributed by atoms with E-state index in [-0.39, 0.29) is 5.97 Å². The van der Waals surface area contributed by atoms with Crippen molar-refractivity contribution in [1.82, 2.24) is 0 Å². The van der Waals surface area contributed by atoms with Crippen LogP contribution in [0.4, 0.5) is 0 Å². The Bertz CT molecular complexity index is 612. The minimum Gasteiger partial charge on any atom is -0.457 e. The third kappa shape index (κ3) is 1.93. The molecule has 0 radical (unpaired) electrons. The van der Waals surface area contributed by atoms with E-state index in [4.69, 9.17) is 4.74 Å². The summed E-state index contributed by atoms with van der Waals surface area (Å²) in [6.45, 7) is 0.362. The van der Waals surface area contributed by atoms with Gasteiger partial charge >= 0.3 is 5.97 Å². The number of cyclic esters (lactones) is 1. The van der Waals surface area contributed by atoms with Crippen LogP contribution >= 0.6 is 0 Å². The van der Waals surface area contributed by atoms with Crippen molar-refractivity contribution in [2.45, 2.75) is 6.61 Å². The molecule has 2 aromatic rings. The second-order valence-corrected chi connectivity index (χ2v) is 4.20. The molecule has 0 N–H and O–H groups in total. The molecule has 0 atom stereocenters. The number of hydrogen-bond donors (Lipinski definition) is 0. The summed E-state index contributed by atoms with van der Waals surface area (Å²) in [5, 5.41) is 0. The molecule has 1 aliphatic rings. The first kappa shape index (κ1) is 10.8. The summed E-state index contributed by atoms with van der Waals surface area (Å²) in [6.07, 6.45) is 1.88. The van der Waals surface area contributed by atoms with E-state index in [1.807, 2.05) is 60.7 Å². The van der Waals surface area contributed by atoms with Crippen LogP contribution in [-0.2, 0) is 16.1 Å². The summed E-state index contributed by atoms with van der Waals surface area (Å²) in [5.41, 5.74) is 3.65. The van der Waals surface area contributed by atoms with Crippen molar-refractivity contribution < 1.29 is 9.53 Å². The standard InChI is InChI=1S/C16H12O2/c17-16-15(10-12-6-2-1-3-7-12)14-9-5-4-8-13(14)11-18-16/h1-10H,11H2. The van der Waals surface area contributed by atoms with Crippen molar-refractivity contribution in [2.75, 3.05) is 0 Å². The number of ether oxygens (including phenoxy) is 1. The number of rotatable bonds is 1. The summed E-state index contributed by atoms with van der Waals surface area (Å²) >= 11 is 0. The lowest BCUT2D eigenvalue weighted by atomic mass is 9.96. The maximum absolute atomic E-state index is 11.9. The van der Waals surface area contributed by atoms with Gasteiger partial charge in [-0.2, -0.15) is 0 Å². The number of esters is 1. The first-order valence-electron chi connectivity index (χ1n) is 5.87. The molecule has 1 aliphatic heterocycles. The fraction of sp³-hybridized carbons (Fsp3) is 0.0625. The number of carbonyl (C=O) groups excluding carboxylic acids is 1. The van der Waals surface area contributed by atoms with Crippen LogP contribution < -0.4 is 0 Å². The van der Waals surface area contributed by atoms with E-state index >= 15 is 0 Å². The van der Waals surface area contributed by atoms with Crippen LogP contribution in [0.5, 0.6) is 0 Å². The third-order valence-corrected chi connectivity index (χ3v) is 3.00. The summed E-state index contributed by atoms with van der Waals surface area (Å²) < 4.78 is 5.18. The van der Waals surface area contributed by atoms with E-state index in [2.05, 4.69) is 0 Å². The van der Waals surface area contributed by atoms with Gasteiger partial charge in [0.25, 0.3) is 0 Å². The van der Waals surface area contributed by atoms with Gasteiger partial charge in [0.05, 0.1) is 5.57 Å².